The molecule has 1 saturated heterocycles. The Morgan fingerprint density at radius 1 is 1.33 bits per heavy atom. The first kappa shape index (κ1) is 20.1. The Kier molecular flexibility index (Phi) is 5.54. The first-order valence-electron chi connectivity index (χ1n) is 10.3. The number of hydrogen-bond donors (Lipinski definition) is 4. The molecule has 0 unspecified atom stereocenters. The summed E-state index contributed by atoms with van der Waals surface area (Å²) >= 11 is 0. The minimum atomic E-state index is -0.263. The van der Waals surface area contributed by atoms with Crippen LogP contribution in [0.3, 0.4) is 0 Å². The minimum absolute atomic E-state index is 0.263. The van der Waals surface area contributed by atoms with Crippen molar-refractivity contribution in [3.05, 3.63) is 41.6 Å². The number of imidazole rings is 2. The molecule has 158 valence electrons. The second kappa shape index (κ2) is 8.27. The molecule has 0 aliphatic carbocycles. The van der Waals surface area contributed by atoms with E-state index in [0.717, 1.165) is 44.0 Å². The normalized spacial score (nSPS) is 15.0. The molecule has 3 aromatic heterocycles. The standard InChI is InChI=1S/C21H28N8O/c1-4-23-15-7-9-28(10-8-15)18-6-5-16(20-25-13(2)12-29(18)20)21(30)27-17-11-24-19(26-17)14(3)22/h5-6,11-12,15,22-23H,4,7-10H2,1-3H3,(H,24,26)(H,27,30). The summed E-state index contributed by atoms with van der Waals surface area (Å²) in [6.45, 7) is 8.65. The molecule has 1 fully saturated rings. The second-order valence-electron chi connectivity index (χ2n) is 7.72. The third-order valence-corrected chi connectivity index (χ3v) is 5.45. The van der Waals surface area contributed by atoms with Crippen LogP contribution in [0.2, 0.25) is 0 Å². The van der Waals surface area contributed by atoms with Crippen molar-refractivity contribution >= 4 is 28.9 Å². The number of nitrogens with one attached hydrogen (secondary N) is 4. The summed E-state index contributed by atoms with van der Waals surface area (Å²) < 4.78 is 2.01. The number of anilines is 2. The van der Waals surface area contributed by atoms with Gasteiger partial charge >= 0.3 is 0 Å². The average Bonchev–Trinajstić information content (AvgIpc) is 3.34. The molecule has 30 heavy (non-hydrogen) atoms. The summed E-state index contributed by atoms with van der Waals surface area (Å²) in [7, 11) is 0. The highest BCUT2D eigenvalue weighted by atomic mass is 16.1. The number of pyridine rings is 1. The Hall–Kier alpha value is -3.20. The van der Waals surface area contributed by atoms with Crippen molar-refractivity contribution in [2.24, 2.45) is 0 Å². The molecule has 9 nitrogen and oxygen atoms in total. The summed E-state index contributed by atoms with van der Waals surface area (Å²) in [6.07, 6.45) is 5.69. The zero-order chi connectivity index (χ0) is 21.3. The first-order valence-corrected chi connectivity index (χ1v) is 10.3. The Morgan fingerprint density at radius 3 is 2.77 bits per heavy atom. The fourth-order valence-electron chi connectivity index (χ4n) is 3.98. The third kappa shape index (κ3) is 3.93. The molecule has 1 amide bonds. The van der Waals surface area contributed by atoms with Crippen LogP contribution in [0.1, 0.15) is 48.6 Å². The van der Waals surface area contributed by atoms with E-state index in [1.54, 1.807) is 6.92 Å². The fraction of sp³-hybridized carbons (Fsp3) is 0.429. The van der Waals surface area contributed by atoms with Crippen LogP contribution in [0.4, 0.5) is 11.6 Å². The lowest BCUT2D eigenvalue weighted by molar-refractivity contribution is 0.102. The van der Waals surface area contributed by atoms with Crippen LogP contribution in [0.25, 0.3) is 5.65 Å². The van der Waals surface area contributed by atoms with E-state index in [2.05, 4.69) is 37.4 Å². The smallest absolute Gasteiger partial charge is 0.260 e. The lowest BCUT2D eigenvalue weighted by Gasteiger charge is -2.34. The Balaban J connectivity index is 1.59. The molecule has 0 saturated carbocycles. The van der Waals surface area contributed by atoms with Crippen molar-refractivity contribution in [1.29, 1.82) is 5.41 Å². The lowest BCUT2D eigenvalue weighted by atomic mass is 10.0. The Morgan fingerprint density at radius 2 is 2.10 bits per heavy atom. The van der Waals surface area contributed by atoms with Gasteiger partial charge in [-0.2, -0.15) is 0 Å². The molecule has 3 aromatic rings. The average molecular weight is 409 g/mol. The molecule has 1 aliphatic rings. The van der Waals surface area contributed by atoms with Gasteiger partial charge in [0.1, 0.15) is 11.6 Å². The van der Waals surface area contributed by atoms with Crippen molar-refractivity contribution in [2.75, 3.05) is 29.9 Å². The summed E-state index contributed by atoms with van der Waals surface area (Å²) in [6, 6.07) is 4.40. The lowest BCUT2D eigenvalue weighted by Crippen LogP contribution is -2.43. The maximum absolute atomic E-state index is 12.9. The number of fused-ring (bicyclic) bond motifs is 1. The number of aryl methyl sites for hydroxylation is 1. The van der Waals surface area contributed by atoms with Gasteiger partial charge in [0.2, 0.25) is 0 Å². The van der Waals surface area contributed by atoms with Crippen molar-refractivity contribution in [2.45, 2.75) is 39.7 Å². The molecular weight excluding hydrogens is 380 g/mol. The number of piperidine rings is 1. The van der Waals surface area contributed by atoms with E-state index in [-0.39, 0.29) is 5.91 Å². The summed E-state index contributed by atoms with van der Waals surface area (Å²) in [5.74, 6) is 1.68. The SMILES string of the molecule is CCNC1CCN(c2ccc(C(=O)Nc3cnc(C(C)=N)[nH]3)c3nc(C)cn23)CC1. The van der Waals surface area contributed by atoms with E-state index in [4.69, 9.17) is 5.41 Å². The molecule has 0 radical (unpaired) electrons. The highest BCUT2D eigenvalue weighted by molar-refractivity contribution is 6.08. The van der Waals surface area contributed by atoms with Gasteiger partial charge < -0.3 is 25.9 Å². The van der Waals surface area contributed by atoms with Crippen molar-refractivity contribution in [1.82, 2.24) is 24.7 Å². The van der Waals surface area contributed by atoms with Crippen LogP contribution >= 0.6 is 0 Å². The van der Waals surface area contributed by atoms with E-state index in [9.17, 15) is 4.79 Å². The summed E-state index contributed by atoms with van der Waals surface area (Å²) in [5.41, 5.74) is 2.31. The van der Waals surface area contributed by atoms with Crippen LogP contribution in [0.15, 0.2) is 24.5 Å². The number of carbonyl (C=O) groups is 1. The van der Waals surface area contributed by atoms with Crippen LogP contribution in [0.5, 0.6) is 0 Å². The van der Waals surface area contributed by atoms with Crippen LogP contribution in [-0.2, 0) is 0 Å². The van der Waals surface area contributed by atoms with Gasteiger partial charge in [-0.15, -0.1) is 0 Å². The summed E-state index contributed by atoms with van der Waals surface area (Å²) in [4.78, 5) is 26.9. The number of aromatic nitrogens is 4. The number of carbonyl (C=O) groups excluding carboxylic acids is 1. The zero-order valence-electron chi connectivity index (χ0n) is 17.6. The molecule has 0 atom stereocenters. The van der Waals surface area contributed by atoms with Gasteiger partial charge in [0.15, 0.2) is 11.5 Å². The van der Waals surface area contributed by atoms with E-state index in [0.29, 0.717) is 34.6 Å². The van der Waals surface area contributed by atoms with Gasteiger partial charge in [-0.1, -0.05) is 6.92 Å². The molecule has 4 rings (SSSR count). The Labute approximate surface area is 175 Å². The van der Waals surface area contributed by atoms with Crippen molar-refractivity contribution in [3.63, 3.8) is 0 Å². The van der Waals surface area contributed by atoms with Gasteiger partial charge in [-0.05, 0) is 45.4 Å². The highest BCUT2D eigenvalue weighted by Gasteiger charge is 2.22. The second-order valence-corrected chi connectivity index (χ2v) is 7.72. The molecule has 1 aliphatic heterocycles. The molecule has 4 heterocycles. The van der Waals surface area contributed by atoms with Crippen molar-refractivity contribution in [3.8, 4) is 0 Å². The largest absolute Gasteiger partial charge is 0.358 e. The van der Waals surface area contributed by atoms with Gasteiger partial charge in [-0.25, -0.2) is 9.97 Å². The number of hydrogen-bond acceptors (Lipinski definition) is 6. The van der Waals surface area contributed by atoms with E-state index in [1.807, 2.05) is 29.7 Å². The molecule has 0 aromatic carbocycles. The predicted molar refractivity (Wildman–Crippen MR) is 118 cm³/mol. The number of amides is 1. The molecule has 0 spiro atoms. The topological polar surface area (TPSA) is 114 Å². The number of aromatic amines is 1. The zero-order valence-corrected chi connectivity index (χ0v) is 17.6. The minimum Gasteiger partial charge on any atom is -0.358 e. The number of nitrogens with zero attached hydrogens (tertiary/aromatic N) is 4. The summed E-state index contributed by atoms with van der Waals surface area (Å²) in [5, 5.41) is 14.0. The van der Waals surface area contributed by atoms with Crippen molar-refractivity contribution < 1.29 is 4.79 Å². The highest BCUT2D eigenvalue weighted by Crippen LogP contribution is 2.25. The van der Waals surface area contributed by atoms with E-state index in [1.165, 1.54) is 6.20 Å². The maximum Gasteiger partial charge on any atom is 0.260 e. The van der Waals surface area contributed by atoms with Gasteiger partial charge in [0.05, 0.1) is 23.2 Å². The van der Waals surface area contributed by atoms with Gasteiger partial charge in [-0.3, -0.25) is 9.20 Å². The number of H-pyrrole nitrogens is 1. The van der Waals surface area contributed by atoms with Crippen LogP contribution in [-0.4, -0.2) is 56.6 Å². The van der Waals surface area contributed by atoms with Crippen LogP contribution in [0, 0.1) is 12.3 Å². The predicted octanol–water partition coefficient (Wildman–Crippen LogP) is 2.58. The fourth-order valence-corrected chi connectivity index (χ4v) is 3.98. The maximum atomic E-state index is 12.9. The molecule has 9 heteroatoms. The molecule has 0 bridgehead atoms. The van der Waals surface area contributed by atoms with E-state index < -0.39 is 0 Å². The number of rotatable bonds is 6. The van der Waals surface area contributed by atoms with E-state index >= 15 is 0 Å². The van der Waals surface area contributed by atoms with Gasteiger partial charge in [0, 0.05) is 25.3 Å². The first-order chi connectivity index (χ1) is 14.5. The van der Waals surface area contributed by atoms with Gasteiger partial charge in [0.25, 0.3) is 5.91 Å². The monoisotopic (exact) mass is 408 g/mol. The quantitative estimate of drug-likeness (QED) is 0.468. The molecule has 4 N–H and O–H groups in total. The Bertz CT molecular complexity index is 1070. The van der Waals surface area contributed by atoms with Crippen LogP contribution < -0.4 is 15.5 Å². The third-order valence-electron chi connectivity index (χ3n) is 5.45. The molecular formula is C21H28N8O.